The number of carbonyl (C=O) groups excluding carboxylic acids is 3. The maximum absolute atomic E-state index is 10.4. The molecule has 0 amide bonds. The highest BCUT2D eigenvalue weighted by Crippen LogP contribution is 1.89. The highest BCUT2D eigenvalue weighted by molar-refractivity contribution is 5.81. The van der Waals surface area contributed by atoms with Crippen LogP contribution in [0.5, 0.6) is 0 Å². The van der Waals surface area contributed by atoms with E-state index in [0.29, 0.717) is 19.4 Å². The van der Waals surface area contributed by atoms with Crippen LogP contribution in [0.15, 0.2) is 38.0 Å². The van der Waals surface area contributed by atoms with Crippen molar-refractivity contribution >= 4 is 17.9 Å². The Kier molecular flexibility index (Phi) is 25.5. The summed E-state index contributed by atoms with van der Waals surface area (Å²) in [6.07, 6.45) is 4.01. The molecule has 9 heteroatoms. The molecule has 0 saturated carbocycles. The smallest absolute Gasteiger partial charge is 0.330 e. The van der Waals surface area contributed by atoms with Crippen LogP contribution in [0.2, 0.25) is 0 Å². The summed E-state index contributed by atoms with van der Waals surface area (Å²) in [5.74, 6) is -1.41. The molecular formula is C18H30O9. The second-order valence-corrected chi connectivity index (χ2v) is 4.58. The van der Waals surface area contributed by atoms with Crippen molar-refractivity contribution < 1.29 is 43.9 Å². The van der Waals surface area contributed by atoms with E-state index in [1.807, 2.05) is 0 Å². The van der Waals surface area contributed by atoms with Gasteiger partial charge in [0.25, 0.3) is 0 Å². The Bertz CT molecular complexity index is 431. The highest BCUT2D eigenvalue weighted by Gasteiger charge is 1.98. The van der Waals surface area contributed by atoms with Gasteiger partial charge >= 0.3 is 17.9 Å². The summed E-state index contributed by atoms with van der Waals surface area (Å²) in [6.45, 7) is 11.6. The summed E-state index contributed by atoms with van der Waals surface area (Å²) in [7, 11) is 0. The number of aliphatic hydroxyl groups is 3. The number of unbranched alkanes of at least 4 members (excludes halogenated alkanes) is 1. The lowest BCUT2D eigenvalue weighted by atomic mass is 10.3. The third-order valence-electron chi connectivity index (χ3n) is 2.10. The molecule has 1 unspecified atom stereocenters. The molecule has 0 saturated heterocycles. The lowest BCUT2D eigenvalue weighted by Crippen LogP contribution is -2.13. The first-order valence-corrected chi connectivity index (χ1v) is 8.06. The minimum atomic E-state index is -0.603. The summed E-state index contributed by atoms with van der Waals surface area (Å²) >= 11 is 0. The van der Waals surface area contributed by atoms with E-state index in [-0.39, 0.29) is 26.4 Å². The number of hydrogen-bond acceptors (Lipinski definition) is 9. The molecular weight excluding hydrogens is 360 g/mol. The average molecular weight is 390 g/mol. The molecule has 0 aliphatic rings. The molecule has 0 spiro atoms. The monoisotopic (exact) mass is 390 g/mol. The van der Waals surface area contributed by atoms with Gasteiger partial charge in [0, 0.05) is 24.8 Å². The number of aliphatic hydroxyl groups excluding tert-OH is 3. The zero-order chi connectivity index (χ0) is 21.5. The molecule has 0 fully saturated rings. The quantitative estimate of drug-likeness (QED) is 0.196. The van der Waals surface area contributed by atoms with Gasteiger partial charge in [0.15, 0.2) is 0 Å². The third kappa shape index (κ3) is 31.7. The number of rotatable bonds is 11. The van der Waals surface area contributed by atoms with Gasteiger partial charge in [0.2, 0.25) is 0 Å². The standard InChI is InChI=1S/C7H12O3.C6H10O3.C5H8O3/c1-2-7(9)10-6-4-3-5-8;1-3-6(8)9-4-5(2)7;1-2-5(7)8-4-3-6/h2,8H,1,3-6H2;3,5,7H,1,4H2,2H3;2,6H,1,3-4H2. The van der Waals surface area contributed by atoms with Gasteiger partial charge in [-0.25, -0.2) is 14.4 Å². The second kappa shape index (κ2) is 23.5. The molecule has 0 heterocycles. The topological polar surface area (TPSA) is 140 Å². The second-order valence-electron chi connectivity index (χ2n) is 4.58. The molecule has 156 valence electrons. The number of hydrogen-bond donors (Lipinski definition) is 3. The molecule has 0 aliphatic carbocycles. The van der Waals surface area contributed by atoms with Gasteiger partial charge in [-0.15, -0.1) is 0 Å². The molecule has 0 radical (unpaired) electrons. The van der Waals surface area contributed by atoms with Crippen LogP contribution in [0.25, 0.3) is 0 Å². The molecule has 27 heavy (non-hydrogen) atoms. The highest BCUT2D eigenvalue weighted by atomic mass is 16.5. The van der Waals surface area contributed by atoms with Crippen LogP contribution in [0.1, 0.15) is 19.8 Å². The van der Waals surface area contributed by atoms with E-state index < -0.39 is 24.0 Å². The van der Waals surface area contributed by atoms with E-state index in [9.17, 15) is 14.4 Å². The molecule has 3 N–H and O–H groups in total. The van der Waals surface area contributed by atoms with Gasteiger partial charge in [-0.3, -0.25) is 0 Å². The maximum atomic E-state index is 10.4. The summed E-state index contributed by atoms with van der Waals surface area (Å²) in [4.78, 5) is 30.8. The van der Waals surface area contributed by atoms with E-state index in [2.05, 4.69) is 33.9 Å². The minimum absolute atomic E-state index is 0.0326. The Hall–Kier alpha value is -2.49. The van der Waals surface area contributed by atoms with Crippen LogP contribution in [-0.4, -0.2) is 72.4 Å². The summed E-state index contributed by atoms with van der Waals surface area (Å²) in [6, 6.07) is 0. The van der Waals surface area contributed by atoms with Gasteiger partial charge in [-0.05, 0) is 19.8 Å². The van der Waals surface area contributed by atoms with Crippen molar-refractivity contribution in [1.82, 2.24) is 0 Å². The molecule has 0 aromatic heterocycles. The molecule has 0 aromatic rings. The van der Waals surface area contributed by atoms with Crippen molar-refractivity contribution in [2.45, 2.75) is 25.9 Å². The first kappa shape index (κ1) is 29.3. The van der Waals surface area contributed by atoms with Gasteiger partial charge in [0.05, 0.1) is 19.3 Å². The van der Waals surface area contributed by atoms with Crippen molar-refractivity contribution in [3.05, 3.63) is 38.0 Å². The van der Waals surface area contributed by atoms with E-state index in [1.165, 1.54) is 6.92 Å². The van der Waals surface area contributed by atoms with Gasteiger partial charge in [-0.1, -0.05) is 19.7 Å². The van der Waals surface area contributed by atoms with E-state index in [0.717, 1.165) is 18.2 Å². The Balaban J connectivity index is -0.000000322. The number of ether oxygens (including phenoxy) is 3. The van der Waals surface area contributed by atoms with Crippen molar-refractivity contribution in [2.75, 3.05) is 33.0 Å². The largest absolute Gasteiger partial charge is 0.463 e. The number of esters is 3. The summed E-state index contributed by atoms with van der Waals surface area (Å²) < 4.78 is 13.4. The van der Waals surface area contributed by atoms with Crippen LogP contribution in [0.4, 0.5) is 0 Å². The van der Waals surface area contributed by atoms with Crippen LogP contribution >= 0.6 is 0 Å². The van der Waals surface area contributed by atoms with Crippen LogP contribution in [-0.2, 0) is 28.6 Å². The fourth-order valence-corrected chi connectivity index (χ4v) is 0.912. The minimum Gasteiger partial charge on any atom is -0.463 e. The lowest BCUT2D eigenvalue weighted by Gasteiger charge is -2.02. The normalized spacial score (nSPS) is 9.78. The molecule has 1 atom stereocenters. The van der Waals surface area contributed by atoms with E-state index in [1.54, 1.807) is 0 Å². The SMILES string of the molecule is C=CC(=O)OCC(C)O.C=CC(=O)OCCCCO.C=CC(=O)OCCO. The van der Waals surface area contributed by atoms with Gasteiger partial charge in [-0.2, -0.15) is 0 Å². The third-order valence-corrected chi connectivity index (χ3v) is 2.10. The molecule has 0 rings (SSSR count). The van der Waals surface area contributed by atoms with Crippen molar-refractivity contribution in [3.63, 3.8) is 0 Å². The molecule has 9 nitrogen and oxygen atoms in total. The first-order chi connectivity index (χ1) is 12.8. The Morgan fingerprint density at radius 1 is 0.815 bits per heavy atom. The molecule has 0 aromatic carbocycles. The molecule has 0 aliphatic heterocycles. The zero-order valence-corrected chi connectivity index (χ0v) is 15.7. The van der Waals surface area contributed by atoms with E-state index in [4.69, 9.17) is 15.3 Å². The fraction of sp³-hybridized carbons (Fsp3) is 0.500. The predicted octanol–water partition coefficient (Wildman–Crippen LogP) is 0.292. The average Bonchev–Trinajstić information content (AvgIpc) is 2.68. The summed E-state index contributed by atoms with van der Waals surface area (Å²) in [5, 5.41) is 25.0. The van der Waals surface area contributed by atoms with Crippen molar-refractivity contribution in [3.8, 4) is 0 Å². The Morgan fingerprint density at radius 2 is 1.26 bits per heavy atom. The first-order valence-electron chi connectivity index (χ1n) is 8.06. The fourth-order valence-electron chi connectivity index (χ4n) is 0.912. The predicted molar refractivity (Wildman–Crippen MR) is 98.6 cm³/mol. The Morgan fingerprint density at radius 3 is 1.63 bits per heavy atom. The maximum Gasteiger partial charge on any atom is 0.330 e. The van der Waals surface area contributed by atoms with Crippen LogP contribution in [0, 0.1) is 0 Å². The lowest BCUT2D eigenvalue weighted by molar-refractivity contribution is -0.140. The zero-order valence-electron chi connectivity index (χ0n) is 15.7. The summed E-state index contributed by atoms with van der Waals surface area (Å²) in [5.41, 5.74) is 0. The number of carbonyl (C=O) groups is 3. The van der Waals surface area contributed by atoms with E-state index >= 15 is 0 Å². The molecule has 0 bridgehead atoms. The van der Waals surface area contributed by atoms with Crippen molar-refractivity contribution in [2.24, 2.45) is 0 Å². The van der Waals surface area contributed by atoms with Crippen LogP contribution < -0.4 is 0 Å². The van der Waals surface area contributed by atoms with Crippen LogP contribution in [0.3, 0.4) is 0 Å². The Labute approximate surface area is 159 Å². The van der Waals surface area contributed by atoms with Crippen molar-refractivity contribution in [1.29, 1.82) is 0 Å². The van der Waals surface area contributed by atoms with Gasteiger partial charge < -0.3 is 29.5 Å². The van der Waals surface area contributed by atoms with Gasteiger partial charge in [0.1, 0.15) is 13.2 Å².